The maximum absolute atomic E-state index is 11.9. The summed E-state index contributed by atoms with van der Waals surface area (Å²) in [6, 6.07) is 0. The van der Waals surface area contributed by atoms with Gasteiger partial charge in [-0.2, -0.15) is 0 Å². The van der Waals surface area contributed by atoms with Crippen molar-refractivity contribution in [2.24, 2.45) is 4.99 Å². The van der Waals surface area contributed by atoms with Gasteiger partial charge in [-0.1, -0.05) is 12.8 Å². The molecular formula is C19H38N4O3. The highest BCUT2D eigenvalue weighted by molar-refractivity contribution is 5.79. The van der Waals surface area contributed by atoms with Gasteiger partial charge in [-0.25, -0.2) is 4.79 Å². The predicted molar refractivity (Wildman–Crippen MR) is 106 cm³/mol. The molecule has 0 aromatic carbocycles. The van der Waals surface area contributed by atoms with Crippen molar-refractivity contribution in [3.05, 3.63) is 0 Å². The Morgan fingerprint density at radius 2 is 1.77 bits per heavy atom. The summed E-state index contributed by atoms with van der Waals surface area (Å²) in [4.78, 5) is 16.1. The first kappa shape index (κ1) is 22.5. The number of guanidine groups is 1. The lowest BCUT2D eigenvalue weighted by atomic mass is 10.1. The Morgan fingerprint density at radius 3 is 2.35 bits per heavy atom. The van der Waals surface area contributed by atoms with E-state index in [-0.39, 0.29) is 0 Å². The predicted octanol–water partition coefficient (Wildman–Crippen LogP) is 2.80. The van der Waals surface area contributed by atoms with E-state index in [1.807, 2.05) is 34.6 Å². The Morgan fingerprint density at radius 1 is 1.12 bits per heavy atom. The minimum Gasteiger partial charge on any atom is -0.444 e. The number of hydrogen-bond donors (Lipinski definition) is 3. The fourth-order valence-corrected chi connectivity index (χ4v) is 2.73. The number of carbonyl (C=O) groups is 1. The summed E-state index contributed by atoms with van der Waals surface area (Å²) in [5.41, 5.74) is -0.975. The molecule has 152 valence electrons. The Bertz CT molecular complexity index is 452. The first-order valence-corrected chi connectivity index (χ1v) is 9.68. The Kier molecular flexibility index (Phi) is 9.19. The fraction of sp³-hybridized carbons (Fsp3) is 0.895. The number of nitrogens with one attached hydrogen (secondary N) is 3. The molecule has 26 heavy (non-hydrogen) atoms. The van der Waals surface area contributed by atoms with Gasteiger partial charge in [-0.05, 0) is 53.9 Å². The van der Waals surface area contributed by atoms with E-state index in [0.717, 1.165) is 19.6 Å². The van der Waals surface area contributed by atoms with E-state index in [9.17, 15) is 4.79 Å². The molecule has 0 aromatic rings. The lowest BCUT2D eigenvalue weighted by Gasteiger charge is -2.29. The van der Waals surface area contributed by atoms with E-state index in [4.69, 9.17) is 9.47 Å². The van der Waals surface area contributed by atoms with E-state index in [1.54, 1.807) is 7.05 Å². The first-order valence-electron chi connectivity index (χ1n) is 9.68. The topological polar surface area (TPSA) is 84.0 Å². The summed E-state index contributed by atoms with van der Waals surface area (Å²) < 4.78 is 11.2. The van der Waals surface area contributed by atoms with Gasteiger partial charge in [0.15, 0.2) is 5.96 Å². The van der Waals surface area contributed by atoms with Crippen LogP contribution in [0.2, 0.25) is 0 Å². The third-order valence-corrected chi connectivity index (χ3v) is 4.03. The highest BCUT2D eigenvalue weighted by Gasteiger charge is 2.24. The number of alkyl carbamates (subject to hydrolysis) is 1. The molecule has 0 heterocycles. The second kappa shape index (κ2) is 10.6. The highest BCUT2D eigenvalue weighted by atomic mass is 16.6. The summed E-state index contributed by atoms with van der Waals surface area (Å²) in [6.07, 6.45) is 5.99. The molecule has 1 aliphatic rings. The highest BCUT2D eigenvalue weighted by Crippen LogP contribution is 2.20. The van der Waals surface area contributed by atoms with Gasteiger partial charge >= 0.3 is 6.09 Å². The summed E-state index contributed by atoms with van der Waals surface area (Å²) in [5, 5.41) is 9.39. The Labute approximate surface area is 158 Å². The van der Waals surface area contributed by atoms with Crippen molar-refractivity contribution in [1.29, 1.82) is 0 Å². The molecule has 3 N–H and O–H groups in total. The molecule has 0 aromatic heterocycles. The van der Waals surface area contributed by atoms with Crippen LogP contribution >= 0.6 is 0 Å². The molecule has 7 nitrogen and oxygen atoms in total. The molecule has 0 atom stereocenters. The minimum atomic E-state index is -0.508. The number of aliphatic imine (C=N–C) groups is 1. The number of nitrogens with zero attached hydrogens (tertiary/aromatic N) is 1. The van der Waals surface area contributed by atoms with Gasteiger partial charge < -0.3 is 25.4 Å². The van der Waals surface area contributed by atoms with Crippen LogP contribution in [0, 0.1) is 0 Å². The lowest BCUT2D eigenvalue weighted by Crippen LogP contribution is -2.54. The quantitative estimate of drug-likeness (QED) is 0.348. The molecule has 1 fully saturated rings. The van der Waals surface area contributed by atoms with Crippen LogP contribution in [-0.2, 0) is 9.47 Å². The molecule has 0 aliphatic heterocycles. The third-order valence-electron chi connectivity index (χ3n) is 4.03. The van der Waals surface area contributed by atoms with E-state index < -0.39 is 17.2 Å². The molecule has 0 saturated heterocycles. The average Bonchev–Trinajstić information content (AvgIpc) is 3.00. The average molecular weight is 371 g/mol. The number of hydrogen-bond acceptors (Lipinski definition) is 4. The zero-order valence-electron chi connectivity index (χ0n) is 17.4. The van der Waals surface area contributed by atoms with Crippen LogP contribution in [0.5, 0.6) is 0 Å². The van der Waals surface area contributed by atoms with Crippen LogP contribution in [0.3, 0.4) is 0 Å². The maximum atomic E-state index is 11.9. The van der Waals surface area contributed by atoms with Crippen LogP contribution in [0.1, 0.15) is 66.7 Å². The number of carbonyl (C=O) groups excluding carboxylic acids is 1. The van der Waals surface area contributed by atoms with Crippen molar-refractivity contribution in [2.75, 3.05) is 26.7 Å². The monoisotopic (exact) mass is 370 g/mol. The van der Waals surface area contributed by atoms with E-state index in [0.29, 0.717) is 18.6 Å². The minimum absolute atomic E-state index is 0.420. The molecule has 1 rings (SSSR count). The smallest absolute Gasteiger partial charge is 0.408 e. The molecule has 0 spiro atoms. The third kappa shape index (κ3) is 10.5. The van der Waals surface area contributed by atoms with Crippen molar-refractivity contribution in [3.8, 4) is 0 Å². The SMILES string of the molecule is CN=C(NCCCOC1CCCC1)NCC(C)(C)NC(=O)OC(C)(C)C. The van der Waals surface area contributed by atoms with Gasteiger partial charge in [0.25, 0.3) is 0 Å². The molecule has 1 aliphatic carbocycles. The Hall–Kier alpha value is -1.50. The molecule has 0 bridgehead atoms. The van der Waals surface area contributed by atoms with Crippen LogP contribution < -0.4 is 16.0 Å². The normalized spacial score (nSPS) is 16.5. The van der Waals surface area contributed by atoms with Gasteiger partial charge in [0.05, 0.1) is 11.6 Å². The number of amides is 1. The fourth-order valence-electron chi connectivity index (χ4n) is 2.73. The second-order valence-corrected chi connectivity index (χ2v) is 8.49. The van der Waals surface area contributed by atoms with Gasteiger partial charge in [0.1, 0.15) is 5.60 Å². The van der Waals surface area contributed by atoms with Gasteiger partial charge in [-0.3, -0.25) is 4.99 Å². The molecule has 0 radical (unpaired) electrons. The van der Waals surface area contributed by atoms with Crippen LogP contribution in [0.15, 0.2) is 4.99 Å². The maximum Gasteiger partial charge on any atom is 0.408 e. The van der Waals surface area contributed by atoms with Crippen LogP contribution in [0.25, 0.3) is 0 Å². The summed E-state index contributed by atoms with van der Waals surface area (Å²) >= 11 is 0. The molecule has 1 amide bonds. The van der Waals surface area contributed by atoms with Gasteiger partial charge in [0.2, 0.25) is 0 Å². The van der Waals surface area contributed by atoms with Gasteiger partial charge in [0, 0.05) is 26.7 Å². The molecule has 1 saturated carbocycles. The van der Waals surface area contributed by atoms with Crippen molar-refractivity contribution < 1.29 is 14.3 Å². The number of rotatable bonds is 8. The zero-order valence-corrected chi connectivity index (χ0v) is 17.4. The summed E-state index contributed by atoms with van der Waals surface area (Å²) in [5.74, 6) is 0.713. The van der Waals surface area contributed by atoms with E-state index >= 15 is 0 Å². The van der Waals surface area contributed by atoms with E-state index in [2.05, 4.69) is 20.9 Å². The molecule has 0 unspecified atom stereocenters. The van der Waals surface area contributed by atoms with E-state index in [1.165, 1.54) is 25.7 Å². The van der Waals surface area contributed by atoms with Crippen molar-refractivity contribution >= 4 is 12.1 Å². The lowest BCUT2D eigenvalue weighted by molar-refractivity contribution is 0.0473. The zero-order chi connectivity index (χ0) is 19.6. The van der Waals surface area contributed by atoms with Crippen molar-refractivity contribution in [3.63, 3.8) is 0 Å². The largest absolute Gasteiger partial charge is 0.444 e. The second-order valence-electron chi connectivity index (χ2n) is 8.49. The van der Waals surface area contributed by atoms with Gasteiger partial charge in [-0.15, -0.1) is 0 Å². The number of ether oxygens (including phenoxy) is 2. The van der Waals surface area contributed by atoms with Crippen LogP contribution in [-0.4, -0.2) is 56.0 Å². The van der Waals surface area contributed by atoms with Crippen molar-refractivity contribution in [2.45, 2.75) is 84.0 Å². The summed E-state index contributed by atoms with van der Waals surface area (Å²) in [7, 11) is 1.73. The van der Waals surface area contributed by atoms with Crippen molar-refractivity contribution in [1.82, 2.24) is 16.0 Å². The first-order chi connectivity index (χ1) is 12.1. The Balaban J connectivity index is 2.21. The van der Waals surface area contributed by atoms with Crippen LogP contribution in [0.4, 0.5) is 4.79 Å². The molecular weight excluding hydrogens is 332 g/mol. The standard InChI is InChI=1S/C19H38N4O3/c1-18(2,3)26-17(24)23-19(4,5)14-22-16(20-6)21-12-9-13-25-15-10-7-8-11-15/h15H,7-14H2,1-6H3,(H,23,24)(H2,20,21,22). The molecule has 7 heteroatoms. The summed E-state index contributed by atoms with van der Waals surface area (Å²) in [6.45, 7) is 11.5.